The molecule has 0 radical (unpaired) electrons. The van der Waals surface area contributed by atoms with Crippen molar-refractivity contribution in [3.63, 3.8) is 0 Å². The fourth-order valence-electron chi connectivity index (χ4n) is 3.49. The number of rotatable bonds is 6. The maximum Gasteiger partial charge on any atom is 0.294 e. The smallest absolute Gasteiger partial charge is 0.282 e. The second kappa shape index (κ2) is 9.17. The third-order valence-electron chi connectivity index (χ3n) is 5.02. The summed E-state index contributed by atoms with van der Waals surface area (Å²) in [5, 5.41) is 2.13. The van der Waals surface area contributed by atoms with Crippen LogP contribution in [0.2, 0.25) is 0 Å². The molecule has 0 spiro atoms. The van der Waals surface area contributed by atoms with Crippen molar-refractivity contribution in [2.24, 2.45) is 0 Å². The fraction of sp³-hybridized carbons (Fsp3) is 0. The molecule has 4 rings (SSSR count). The highest BCUT2D eigenvalue weighted by atomic mass is 32.2. The Hall–Kier alpha value is -2.87. The Bertz CT molecular complexity index is 1500. The van der Waals surface area contributed by atoms with E-state index in [2.05, 4.69) is 0 Å². The lowest BCUT2D eigenvalue weighted by Crippen LogP contribution is -2.08. The highest BCUT2D eigenvalue weighted by Crippen LogP contribution is 2.35. The predicted octanol–water partition coefficient (Wildman–Crippen LogP) is 4.14. The van der Waals surface area contributed by atoms with E-state index in [1.807, 2.05) is 48.5 Å². The zero-order valence-corrected chi connectivity index (χ0v) is 19.7. The van der Waals surface area contributed by atoms with Gasteiger partial charge in [-0.2, -0.15) is 16.8 Å². The van der Waals surface area contributed by atoms with Crippen LogP contribution < -0.4 is 10.6 Å². The van der Waals surface area contributed by atoms with Gasteiger partial charge in [-0.25, -0.2) is 0 Å². The fourth-order valence-corrected chi connectivity index (χ4v) is 5.70. The van der Waals surface area contributed by atoms with Gasteiger partial charge < -0.3 is 0 Å². The average Bonchev–Trinajstić information content (AvgIpc) is 2.79. The van der Waals surface area contributed by atoms with E-state index in [9.17, 15) is 25.9 Å². The normalized spacial score (nSPS) is 12.3. The lowest BCUT2D eigenvalue weighted by atomic mass is 9.94. The minimum atomic E-state index is -4.32. The summed E-state index contributed by atoms with van der Waals surface area (Å²) < 4.78 is 64.4. The minimum absolute atomic E-state index is 0.201. The Morgan fingerprint density at radius 2 is 1.06 bits per heavy atom. The van der Waals surface area contributed by atoms with Gasteiger partial charge in [0.2, 0.25) is 0 Å². The van der Waals surface area contributed by atoms with Gasteiger partial charge in [0.25, 0.3) is 20.2 Å². The Kier molecular flexibility index (Phi) is 6.47. The summed E-state index contributed by atoms with van der Waals surface area (Å²) >= 11 is 0. The molecule has 1 unspecified atom stereocenters. The van der Waals surface area contributed by atoms with Crippen LogP contribution in [0.3, 0.4) is 0 Å². The lowest BCUT2D eigenvalue weighted by molar-refractivity contribution is 0.481. The van der Waals surface area contributed by atoms with Crippen molar-refractivity contribution < 1.29 is 25.9 Å². The zero-order chi connectivity index (χ0) is 23.6. The van der Waals surface area contributed by atoms with E-state index < -0.39 is 20.2 Å². The molecule has 1 atom stereocenters. The third kappa shape index (κ3) is 5.38. The average molecular weight is 499 g/mol. The highest BCUT2D eigenvalue weighted by molar-refractivity contribution is 7.86. The van der Waals surface area contributed by atoms with Crippen molar-refractivity contribution in [3.05, 3.63) is 97.1 Å². The summed E-state index contributed by atoms with van der Waals surface area (Å²) in [5.41, 5.74) is 3.16. The first-order valence-electron chi connectivity index (χ1n) is 9.74. The van der Waals surface area contributed by atoms with E-state index in [1.54, 1.807) is 24.3 Å². The molecule has 0 saturated carbocycles. The number of benzene rings is 4. The quantitative estimate of drug-likeness (QED) is 0.306. The lowest BCUT2D eigenvalue weighted by Gasteiger charge is -2.16. The molecule has 0 aliphatic heterocycles. The standard InChI is InChI=1S/C24H19O6PS2/c25-32(26,27)20-13-9-17(10-14-20)22-7-4-8-23(31-19-5-2-1-3-6-19)24(22)18-11-15-21(16-12-18)33(28,29)30/h1-16,31H,(H,25,26,27)(H,28,29,30). The highest BCUT2D eigenvalue weighted by Gasteiger charge is 2.16. The van der Waals surface area contributed by atoms with Gasteiger partial charge in [0.05, 0.1) is 9.79 Å². The molecule has 0 amide bonds. The molecule has 6 nitrogen and oxygen atoms in total. The molecule has 4 aromatic rings. The van der Waals surface area contributed by atoms with E-state index in [-0.39, 0.29) is 9.79 Å². The SMILES string of the molecule is O=S(=O)(O)c1ccc(-c2cccc(Pc3ccccc3)c2-c2ccc(S(=O)(=O)O)cc2)cc1. The summed E-state index contributed by atoms with van der Waals surface area (Å²) in [6.45, 7) is 0. The summed E-state index contributed by atoms with van der Waals surface area (Å²) in [6.07, 6.45) is 0. The monoisotopic (exact) mass is 498 g/mol. The first kappa shape index (κ1) is 23.3. The molecular weight excluding hydrogens is 479 g/mol. The molecule has 0 heterocycles. The molecule has 0 saturated heterocycles. The predicted molar refractivity (Wildman–Crippen MR) is 131 cm³/mol. The van der Waals surface area contributed by atoms with Gasteiger partial charge in [0.1, 0.15) is 0 Å². The van der Waals surface area contributed by atoms with Gasteiger partial charge in [-0.1, -0.05) is 81.4 Å². The van der Waals surface area contributed by atoms with Crippen LogP contribution in [-0.2, 0) is 20.2 Å². The van der Waals surface area contributed by atoms with Crippen LogP contribution in [-0.4, -0.2) is 25.9 Å². The molecule has 168 valence electrons. The maximum atomic E-state index is 11.5. The summed E-state index contributed by atoms with van der Waals surface area (Å²) in [7, 11) is -8.32. The van der Waals surface area contributed by atoms with Crippen LogP contribution in [0.25, 0.3) is 22.3 Å². The molecule has 33 heavy (non-hydrogen) atoms. The van der Waals surface area contributed by atoms with Crippen molar-refractivity contribution in [2.75, 3.05) is 0 Å². The Balaban J connectivity index is 1.89. The maximum absolute atomic E-state index is 11.5. The Morgan fingerprint density at radius 1 is 0.545 bits per heavy atom. The van der Waals surface area contributed by atoms with Gasteiger partial charge >= 0.3 is 0 Å². The van der Waals surface area contributed by atoms with Gasteiger partial charge in [0, 0.05) is 0 Å². The Morgan fingerprint density at radius 3 is 1.58 bits per heavy atom. The van der Waals surface area contributed by atoms with Crippen molar-refractivity contribution in [1.29, 1.82) is 0 Å². The van der Waals surface area contributed by atoms with E-state index in [1.165, 1.54) is 24.3 Å². The molecule has 0 bridgehead atoms. The van der Waals surface area contributed by atoms with Crippen molar-refractivity contribution >= 4 is 39.4 Å². The summed E-state index contributed by atoms with van der Waals surface area (Å²) in [5.74, 6) is 0. The molecule has 4 aromatic carbocycles. The van der Waals surface area contributed by atoms with Crippen molar-refractivity contribution in [1.82, 2.24) is 0 Å². The summed E-state index contributed by atoms with van der Waals surface area (Å²) in [6, 6.07) is 27.6. The molecule has 2 N–H and O–H groups in total. The molecule has 0 aromatic heterocycles. The topological polar surface area (TPSA) is 109 Å². The van der Waals surface area contributed by atoms with E-state index in [0.29, 0.717) is 8.58 Å². The minimum Gasteiger partial charge on any atom is -0.282 e. The van der Waals surface area contributed by atoms with Gasteiger partial charge in [-0.15, -0.1) is 0 Å². The first-order chi connectivity index (χ1) is 15.6. The molecular formula is C24H19O6PS2. The van der Waals surface area contributed by atoms with Crippen LogP contribution >= 0.6 is 8.58 Å². The van der Waals surface area contributed by atoms with Gasteiger partial charge in [0.15, 0.2) is 0 Å². The van der Waals surface area contributed by atoms with E-state index >= 15 is 0 Å². The second-order valence-corrected chi connectivity index (χ2v) is 11.4. The molecule has 9 heteroatoms. The van der Waals surface area contributed by atoms with Crippen LogP contribution in [0, 0.1) is 0 Å². The van der Waals surface area contributed by atoms with E-state index in [4.69, 9.17) is 0 Å². The number of hydrogen-bond donors (Lipinski definition) is 2. The first-order valence-corrected chi connectivity index (χ1v) is 13.6. The largest absolute Gasteiger partial charge is 0.294 e. The van der Waals surface area contributed by atoms with Crippen LogP contribution in [0.4, 0.5) is 0 Å². The van der Waals surface area contributed by atoms with Crippen LogP contribution in [0.1, 0.15) is 0 Å². The Labute approximate surface area is 194 Å². The van der Waals surface area contributed by atoms with Gasteiger partial charge in [-0.05, 0) is 57.1 Å². The third-order valence-corrected chi connectivity index (χ3v) is 8.07. The van der Waals surface area contributed by atoms with E-state index in [0.717, 1.165) is 32.9 Å². The van der Waals surface area contributed by atoms with Crippen molar-refractivity contribution in [3.8, 4) is 22.3 Å². The second-order valence-electron chi connectivity index (χ2n) is 7.22. The van der Waals surface area contributed by atoms with Crippen LogP contribution in [0.5, 0.6) is 0 Å². The molecule has 0 aliphatic rings. The van der Waals surface area contributed by atoms with Crippen LogP contribution in [0.15, 0.2) is 107 Å². The van der Waals surface area contributed by atoms with Gasteiger partial charge in [-0.3, -0.25) is 9.11 Å². The summed E-state index contributed by atoms with van der Waals surface area (Å²) in [4.78, 5) is -0.402. The molecule has 0 fully saturated rings. The zero-order valence-electron chi connectivity index (χ0n) is 17.1. The van der Waals surface area contributed by atoms with Crippen molar-refractivity contribution in [2.45, 2.75) is 9.79 Å². The molecule has 0 aliphatic carbocycles. The number of hydrogen-bond acceptors (Lipinski definition) is 4.